The fourth-order valence-corrected chi connectivity index (χ4v) is 1.84. The molecular formula is C9H18O5. The Morgan fingerprint density at radius 1 is 0.929 bits per heavy atom. The van der Waals surface area contributed by atoms with Crippen LogP contribution in [0.25, 0.3) is 0 Å². The summed E-state index contributed by atoms with van der Waals surface area (Å²) in [5.41, 5.74) is 0. The Labute approximate surface area is 83.9 Å². The van der Waals surface area contributed by atoms with Crippen molar-refractivity contribution in [3.8, 4) is 0 Å². The maximum Gasteiger partial charge on any atom is 0.184 e. The van der Waals surface area contributed by atoms with Crippen LogP contribution in [0.2, 0.25) is 0 Å². The molecule has 0 unspecified atom stereocenters. The van der Waals surface area contributed by atoms with Gasteiger partial charge in [-0.05, 0) is 6.92 Å². The number of aliphatic hydroxyl groups excluding tert-OH is 1. The van der Waals surface area contributed by atoms with E-state index in [1.54, 1.807) is 14.2 Å². The van der Waals surface area contributed by atoms with Crippen molar-refractivity contribution in [3.63, 3.8) is 0 Å². The van der Waals surface area contributed by atoms with Crippen molar-refractivity contribution in [3.05, 3.63) is 0 Å². The van der Waals surface area contributed by atoms with Crippen LogP contribution in [0.3, 0.4) is 0 Å². The number of ether oxygens (including phenoxy) is 4. The second-order valence-corrected chi connectivity index (χ2v) is 3.33. The van der Waals surface area contributed by atoms with Gasteiger partial charge in [0.15, 0.2) is 6.29 Å². The number of hydrogen-bond donors (Lipinski definition) is 1. The predicted octanol–water partition coefficient (Wildman–Crippen LogP) is -0.232. The minimum atomic E-state index is -0.966. The molecule has 1 fully saturated rings. The molecule has 1 aliphatic heterocycles. The fourth-order valence-electron chi connectivity index (χ4n) is 1.84. The summed E-state index contributed by atoms with van der Waals surface area (Å²) in [6, 6.07) is 0. The van der Waals surface area contributed by atoms with Gasteiger partial charge in [-0.1, -0.05) is 0 Å². The Balaban J connectivity index is 2.76. The normalized spacial score (nSPS) is 43.9. The van der Waals surface area contributed by atoms with Crippen LogP contribution in [0.5, 0.6) is 0 Å². The van der Waals surface area contributed by atoms with Crippen molar-refractivity contribution in [2.75, 3.05) is 21.3 Å². The second-order valence-electron chi connectivity index (χ2n) is 3.33. The summed E-state index contributed by atoms with van der Waals surface area (Å²) in [5, 5.41) is 9.57. The van der Waals surface area contributed by atoms with E-state index in [1.165, 1.54) is 7.11 Å². The van der Waals surface area contributed by atoms with Gasteiger partial charge in [-0.2, -0.15) is 0 Å². The predicted molar refractivity (Wildman–Crippen MR) is 48.9 cm³/mol. The lowest BCUT2D eigenvalue weighted by atomic mass is 9.99. The summed E-state index contributed by atoms with van der Waals surface area (Å²) in [7, 11) is 4.65. The van der Waals surface area contributed by atoms with Crippen LogP contribution in [-0.4, -0.2) is 57.1 Å². The Morgan fingerprint density at radius 3 is 1.86 bits per heavy atom. The monoisotopic (exact) mass is 206 g/mol. The van der Waals surface area contributed by atoms with Gasteiger partial charge < -0.3 is 24.1 Å². The molecule has 5 atom stereocenters. The molecule has 84 valence electrons. The van der Waals surface area contributed by atoms with Gasteiger partial charge in [0, 0.05) is 21.3 Å². The molecule has 1 N–H and O–H groups in total. The minimum absolute atomic E-state index is 0.216. The first-order valence-corrected chi connectivity index (χ1v) is 4.57. The summed E-state index contributed by atoms with van der Waals surface area (Å²) in [5.74, 6) is 0. The average Bonchev–Trinajstić information content (AvgIpc) is 2.16. The highest BCUT2D eigenvalue weighted by Crippen LogP contribution is 2.25. The third-order valence-electron chi connectivity index (χ3n) is 2.56. The summed E-state index contributed by atoms with van der Waals surface area (Å²) in [4.78, 5) is 0. The smallest absolute Gasteiger partial charge is 0.184 e. The quantitative estimate of drug-likeness (QED) is 0.691. The third kappa shape index (κ3) is 2.07. The molecule has 0 aromatic rings. The minimum Gasteiger partial charge on any atom is -0.376 e. The SMILES string of the molecule is CO[C@@H]1[C@@H](OC)[C@H](C)O[C@H](O)[C@@H]1OC. The van der Waals surface area contributed by atoms with Crippen molar-refractivity contribution >= 4 is 0 Å². The molecule has 1 rings (SSSR count). The zero-order valence-electron chi connectivity index (χ0n) is 8.97. The van der Waals surface area contributed by atoms with Gasteiger partial charge in [0.25, 0.3) is 0 Å². The zero-order valence-corrected chi connectivity index (χ0v) is 8.97. The second kappa shape index (κ2) is 5.04. The Morgan fingerprint density at radius 2 is 1.43 bits per heavy atom. The van der Waals surface area contributed by atoms with E-state index in [0.29, 0.717) is 0 Å². The van der Waals surface area contributed by atoms with Gasteiger partial charge in [-0.15, -0.1) is 0 Å². The molecule has 0 radical (unpaired) electrons. The maximum atomic E-state index is 9.57. The van der Waals surface area contributed by atoms with Crippen LogP contribution >= 0.6 is 0 Å². The molecule has 1 saturated heterocycles. The lowest BCUT2D eigenvalue weighted by molar-refractivity contribution is -0.291. The van der Waals surface area contributed by atoms with Crippen LogP contribution in [0.4, 0.5) is 0 Å². The van der Waals surface area contributed by atoms with E-state index < -0.39 is 12.4 Å². The van der Waals surface area contributed by atoms with E-state index in [9.17, 15) is 5.11 Å². The van der Waals surface area contributed by atoms with E-state index >= 15 is 0 Å². The molecule has 1 heterocycles. The molecule has 0 saturated carbocycles. The number of methoxy groups -OCH3 is 3. The van der Waals surface area contributed by atoms with Crippen LogP contribution in [0.15, 0.2) is 0 Å². The van der Waals surface area contributed by atoms with E-state index in [2.05, 4.69) is 0 Å². The zero-order chi connectivity index (χ0) is 10.7. The molecule has 0 amide bonds. The largest absolute Gasteiger partial charge is 0.376 e. The van der Waals surface area contributed by atoms with E-state index in [4.69, 9.17) is 18.9 Å². The van der Waals surface area contributed by atoms with Gasteiger partial charge >= 0.3 is 0 Å². The fraction of sp³-hybridized carbons (Fsp3) is 1.00. The number of aliphatic hydroxyl groups is 1. The first-order valence-electron chi connectivity index (χ1n) is 4.57. The van der Waals surface area contributed by atoms with Crippen LogP contribution in [0.1, 0.15) is 6.92 Å². The van der Waals surface area contributed by atoms with E-state index in [-0.39, 0.29) is 18.3 Å². The molecule has 0 aromatic heterocycles. The van der Waals surface area contributed by atoms with Crippen LogP contribution in [0, 0.1) is 0 Å². The third-order valence-corrected chi connectivity index (χ3v) is 2.56. The highest BCUT2D eigenvalue weighted by atomic mass is 16.7. The summed E-state index contributed by atoms with van der Waals surface area (Å²) >= 11 is 0. The molecule has 5 heteroatoms. The lowest BCUT2D eigenvalue weighted by Gasteiger charge is -2.41. The highest BCUT2D eigenvalue weighted by molar-refractivity contribution is 4.89. The summed E-state index contributed by atoms with van der Waals surface area (Å²) in [6.45, 7) is 1.83. The van der Waals surface area contributed by atoms with E-state index in [0.717, 1.165) is 0 Å². The average molecular weight is 206 g/mol. The molecule has 0 spiro atoms. The van der Waals surface area contributed by atoms with Crippen molar-refractivity contribution in [2.24, 2.45) is 0 Å². The molecule has 0 bridgehead atoms. The molecule has 0 aromatic carbocycles. The standard InChI is InChI=1S/C9H18O5/c1-5-6(11-2)7(12-3)8(13-4)9(10)14-5/h5-10H,1-4H3/t5-,6-,7+,8+,9-/m0/s1. The van der Waals surface area contributed by atoms with Crippen molar-refractivity contribution in [1.82, 2.24) is 0 Å². The van der Waals surface area contributed by atoms with Crippen molar-refractivity contribution < 1.29 is 24.1 Å². The Hall–Kier alpha value is -0.200. The Bertz CT molecular complexity index is 159. The van der Waals surface area contributed by atoms with Gasteiger partial charge in [-0.3, -0.25) is 0 Å². The molecule has 14 heavy (non-hydrogen) atoms. The van der Waals surface area contributed by atoms with Gasteiger partial charge in [0.05, 0.1) is 6.10 Å². The maximum absolute atomic E-state index is 9.57. The first-order chi connectivity index (χ1) is 6.65. The van der Waals surface area contributed by atoms with Gasteiger partial charge in [-0.25, -0.2) is 0 Å². The first kappa shape index (κ1) is 11.9. The highest BCUT2D eigenvalue weighted by Gasteiger charge is 2.44. The van der Waals surface area contributed by atoms with Crippen molar-refractivity contribution in [1.29, 1.82) is 0 Å². The molecule has 1 aliphatic rings. The van der Waals surface area contributed by atoms with Gasteiger partial charge in [0.2, 0.25) is 0 Å². The van der Waals surface area contributed by atoms with Gasteiger partial charge in [0.1, 0.15) is 18.3 Å². The van der Waals surface area contributed by atoms with Crippen LogP contribution in [-0.2, 0) is 18.9 Å². The Kier molecular flexibility index (Phi) is 4.28. The summed E-state index contributed by atoms with van der Waals surface area (Å²) in [6.07, 6.45) is -2.24. The summed E-state index contributed by atoms with van der Waals surface area (Å²) < 4.78 is 20.9. The van der Waals surface area contributed by atoms with E-state index in [1.807, 2.05) is 6.92 Å². The molecule has 5 nitrogen and oxygen atoms in total. The number of rotatable bonds is 3. The van der Waals surface area contributed by atoms with Crippen LogP contribution < -0.4 is 0 Å². The molecule has 0 aliphatic carbocycles. The van der Waals surface area contributed by atoms with Crippen molar-refractivity contribution in [2.45, 2.75) is 37.6 Å². The molecular weight excluding hydrogens is 188 g/mol. The topological polar surface area (TPSA) is 57.2 Å². The number of hydrogen-bond acceptors (Lipinski definition) is 5. The lowest BCUT2D eigenvalue weighted by Crippen LogP contribution is -2.58.